The number of carbonyl (C=O) groups is 2. The van der Waals surface area contributed by atoms with E-state index in [0.29, 0.717) is 25.2 Å². The molecule has 0 radical (unpaired) electrons. The van der Waals surface area contributed by atoms with Gasteiger partial charge in [-0.05, 0) is 58.9 Å². The molecular formula is C38H35N5O2. The summed E-state index contributed by atoms with van der Waals surface area (Å²) in [7, 11) is 0. The van der Waals surface area contributed by atoms with Gasteiger partial charge in [-0.25, -0.2) is 9.97 Å². The third-order valence-electron chi connectivity index (χ3n) is 8.19. The summed E-state index contributed by atoms with van der Waals surface area (Å²) in [6, 6.07) is 29.3. The van der Waals surface area contributed by atoms with Crippen LogP contribution >= 0.6 is 0 Å². The number of rotatable bonds is 9. The molecule has 0 N–H and O–H groups in total. The monoisotopic (exact) mass is 593 g/mol. The van der Waals surface area contributed by atoms with Gasteiger partial charge < -0.3 is 9.80 Å². The van der Waals surface area contributed by atoms with E-state index in [1.54, 1.807) is 29.6 Å². The third kappa shape index (κ3) is 7.39. The SMILES string of the molecule is Cc1ccc(/C=C/C(=O)N(Cc2ccc(-c3cncnc3)cc2)[C@@H](Cc2ccccc2)C(=O)N2CCc3ccccc3C2)nc1. The van der Waals surface area contributed by atoms with Gasteiger partial charge in [0.15, 0.2) is 0 Å². The van der Waals surface area contributed by atoms with Gasteiger partial charge in [0.1, 0.15) is 12.4 Å². The highest BCUT2D eigenvalue weighted by Gasteiger charge is 2.34. The fourth-order valence-electron chi connectivity index (χ4n) is 5.68. The minimum atomic E-state index is -0.706. The second-order valence-corrected chi connectivity index (χ2v) is 11.4. The lowest BCUT2D eigenvalue weighted by Gasteiger charge is -2.37. The van der Waals surface area contributed by atoms with Crippen molar-refractivity contribution in [3.05, 3.63) is 156 Å². The highest BCUT2D eigenvalue weighted by atomic mass is 16.2. The quantitative estimate of drug-likeness (QED) is 0.194. The van der Waals surface area contributed by atoms with Crippen LogP contribution < -0.4 is 0 Å². The Hall–Kier alpha value is -5.43. The molecule has 0 unspecified atom stereocenters. The predicted molar refractivity (Wildman–Crippen MR) is 176 cm³/mol. The lowest BCUT2D eigenvalue weighted by molar-refractivity contribution is -0.144. The lowest BCUT2D eigenvalue weighted by Crippen LogP contribution is -2.52. The van der Waals surface area contributed by atoms with E-state index < -0.39 is 6.04 Å². The Labute approximate surface area is 263 Å². The van der Waals surface area contributed by atoms with Crippen LogP contribution in [0.5, 0.6) is 0 Å². The van der Waals surface area contributed by atoms with Crippen molar-refractivity contribution in [1.82, 2.24) is 24.8 Å². The van der Waals surface area contributed by atoms with E-state index in [9.17, 15) is 9.59 Å². The fraction of sp³-hybridized carbons (Fsp3) is 0.184. The van der Waals surface area contributed by atoms with Gasteiger partial charge in [0.25, 0.3) is 0 Å². The maximum atomic E-state index is 14.5. The lowest BCUT2D eigenvalue weighted by atomic mass is 9.97. The van der Waals surface area contributed by atoms with Crippen LogP contribution in [0.4, 0.5) is 0 Å². The molecule has 0 bridgehead atoms. The van der Waals surface area contributed by atoms with E-state index in [0.717, 1.165) is 39.8 Å². The number of benzene rings is 3. The molecule has 1 aliphatic heterocycles. The van der Waals surface area contributed by atoms with Gasteiger partial charge in [0, 0.05) is 56.3 Å². The molecule has 3 heterocycles. The number of hydrogen-bond acceptors (Lipinski definition) is 5. The summed E-state index contributed by atoms with van der Waals surface area (Å²) in [5, 5.41) is 0. The second kappa shape index (κ2) is 13.9. The number of fused-ring (bicyclic) bond motifs is 1. The van der Waals surface area contributed by atoms with Crippen LogP contribution in [-0.2, 0) is 35.5 Å². The van der Waals surface area contributed by atoms with E-state index in [1.165, 1.54) is 18.0 Å². The predicted octanol–water partition coefficient (Wildman–Crippen LogP) is 6.09. The van der Waals surface area contributed by atoms with Crippen molar-refractivity contribution in [2.45, 2.75) is 38.9 Å². The Kier molecular flexibility index (Phi) is 9.16. The molecule has 224 valence electrons. The topological polar surface area (TPSA) is 79.3 Å². The molecule has 1 aliphatic rings. The molecule has 0 saturated carbocycles. The summed E-state index contributed by atoms with van der Waals surface area (Å²) in [5.41, 5.74) is 7.95. The van der Waals surface area contributed by atoms with Crippen LogP contribution in [0, 0.1) is 6.92 Å². The van der Waals surface area contributed by atoms with Gasteiger partial charge >= 0.3 is 0 Å². The minimum absolute atomic E-state index is 0.0541. The van der Waals surface area contributed by atoms with E-state index in [1.807, 2.05) is 90.7 Å². The Morgan fingerprint density at radius 2 is 1.56 bits per heavy atom. The molecule has 5 aromatic rings. The van der Waals surface area contributed by atoms with Gasteiger partial charge in [0.2, 0.25) is 11.8 Å². The maximum absolute atomic E-state index is 14.5. The van der Waals surface area contributed by atoms with Crippen molar-refractivity contribution in [1.29, 1.82) is 0 Å². The number of pyridine rings is 1. The van der Waals surface area contributed by atoms with E-state index >= 15 is 0 Å². The van der Waals surface area contributed by atoms with Crippen LogP contribution in [0.1, 0.15) is 33.5 Å². The molecule has 0 saturated heterocycles. The molecule has 6 rings (SSSR count). The van der Waals surface area contributed by atoms with E-state index in [4.69, 9.17) is 0 Å². The standard InChI is InChI=1S/C38H35N5O2/c1-28-11-16-35(41-22-28)17-18-37(44)43(25-30-12-14-32(15-13-30)34-23-39-27-40-24-34)36(21-29-7-3-2-4-8-29)38(45)42-20-19-31-9-5-6-10-33(31)26-42/h2-18,22-24,27,36H,19-21,25-26H2,1H3/b18-17+/t36-/m0/s1. The van der Waals surface area contributed by atoms with Gasteiger partial charge in [-0.1, -0.05) is 84.9 Å². The first-order valence-electron chi connectivity index (χ1n) is 15.2. The van der Waals surface area contributed by atoms with Gasteiger partial charge in [-0.3, -0.25) is 14.6 Å². The Morgan fingerprint density at radius 3 is 2.29 bits per heavy atom. The number of nitrogens with zero attached hydrogens (tertiary/aromatic N) is 5. The van der Waals surface area contributed by atoms with Crippen molar-refractivity contribution in [3.8, 4) is 11.1 Å². The maximum Gasteiger partial charge on any atom is 0.247 e. The van der Waals surface area contributed by atoms with E-state index in [-0.39, 0.29) is 18.4 Å². The highest BCUT2D eigenvalue weighted by molar-refractivity contribution is 5.95. The summed E-state index contributed by atoms with van der Waals surface area (Å²) in [5.74, 6) is -0.300. The molecule has 0 spiro atoms. The number of aromatic nitrogens is 3. The summed E-state index contributed by atoms with van der Waals surface area (Å²) < 4.78 is 0. The zero-order chi connectivity index (χ0) is 31.0. The first-order chi connectivity index (χ1) is 22.0. The number of amides is 2. The number of carbonyl (C=O) groups excluding carboxylic acids is 2. The number of hydrogen-bond donors (Lipinski definition) is 0. The van der Waals surface area contributed by atoms with Crippen molar-refractivity contribution in [2.24, 2.45) is 0 Å². The summed E-state index contributed by atoms with van der Waals surface area (Å²) in [6.45, 7) is 3.38. The molecule has 7 nitrogen and oxygen atoms in total. The molecule has 1 atom stereocenters. The van der Waals surface area contributed by atoms with Crippen molar-refractivity contribution in [2.75, 3.05) is 6.54 Å². The second-order valence-electron chi connectivity index (χ2n) is 11.4. The molecule has 0 aliphatic carbocycles. The molecule has 2 amide bonds. The first kappa shape index (κ1) is 29.6. The first-order valence-corrected chi connectivity index (χ1v) is 15.2. The molecule has 3 aromatic carbocycles. The Bertz CT molecular complexity index is 1770. The Morgan fingerprint density at radius 1 is 0.822 bits per heavy atom. The Balaban J connectivity index is 1.34. The number of aryl methyl sites for hydroxylation is 1. The van der Waals surface area contributed by atoms with Crippen molar-refractivity contribution < 1.29 is 9.59 Å². The highest BCUT2D eigenvalue weighted by Crippen LogP contribution is 2.24. The summed E-state index contributed by atoms with van der Waals surface area (Å²) in [6.07, 6.45) is 11.3. The minimum Gasteiger partial charge on any atom is -0.336 e. The van der Waals surface area contributed by atoms with Gasteiger partial charge in [-0.15, -0.1) is 0 Å². The largest absolute Gasteiger partial charge is 0.336 e. The van der Waals surface area contributed by atoms with Crippen LogP contribution in [0.25, 0.3) is 17.2 Å². The van der Waals surface area contributed by atoms with Crippen molar-refractivity contribution in [3.63, 3.8) is 0 Å². The van der Waals surface area contributed by atoms with Crippen molar-refractivity contribution >= 4 is 17.9 Å². The zero-order valence-electron chi connectivity index (χ0n) is 25.3. The van der Waals surface area contributed by atoms with Crippen LogP contribution in [0.2, 0.25) is 0 Å². The van der Waals surface area contributed by atoms with E-state index in [2.05, 4.69) is 27.1 Å². The molecule has 2 aromatic heterocycles. The average Bonchev–Trinajstić information content (AvgIpc) is 3.10. The average molecular weight is 594 g/mol. The normalized spacial score (nSPS) is 13.3. The van der Waals surface area contributed by atoms with Gasteiger partial charge in [0.05, 0.1) is 5.69 Å². The molecule has 0 fully saturated rings. The molecule has 7 heteroatoms. The van der Waals surface area contributed by atoms with Gasteiger partial charge in [-0.2, -0.15) is 0 Å². The molecular weight excluding hydrogens is 558 g/mol. The zero-order valence-corrected chi connectivity index (χ0v) is 25.3. The fourth-order valence-corrected chi connectivity index (χ4v) is 5.68. The van der Waals surface area contributed by atoms with Crippen LogP contribution in [-0.4, -0.2) is 49.2 Å². The smallest absolute Gasteiger partial charge is 0.247 e. The third-order valence-corrected chi connectivity index (χ3v) is 8.19. The summed E-state index contributed by atoms with van der Waals surface area (Å²) >= 11 is 0. The molecule has 45 heavy (non-hydrogen) atoms. The van der Waals surface area contributed by atoms with Crippen LogP contribution in [0.15, 0.2) is 122 Å². The van der Waals surface area contributed by atoms with Crippen LogP contribution in [0.3, 0.4) is 0 Å². The summed E-state index contributed by atoms with van der Waals surface area (Å²) in [4.78, 5) is 44.9.